The molecule has 6 heteroatoms. The minimum absolute atomic E-state index is 0.0531. The average Bonchev–Trinajstić information content (AvgIpc) is 2.62. The van der Waals surface area contributed by atoms with Gasteiger partial charge in [-0.1, -0.05) is 0 Å². The zero-order chi connectivity index (χ0) is 13.8. The summed E-state index contributed by atoms with van der Waals surface area (Å²) in [6.45, 7) is 6.14. The Morgan fingerprint density at radius 2 is 2.06 bits per heavy atom. The fourth-order valence-corrected chi connectivity index (χ4v) is 2.63. The van der Waals surface area contributed by atoms with Crippen molar-refractivity contribution in [2.45, 2.75) is 32.7 Å². The Kier molecular flexibility index (Phi) is 5.58. The van der Waals surface area contributed by atoms with E-state index in [1.807, 2.05) is 32.2 Å². The molecule has 0 saturated carbocycles. The van der Waals surface area contributed by atoms with Crippen LogP contribution in [0, 0.1) is 2.88 Å². The highest BCUT2D eigenvalue weighted by Crippen LogP contribution is 2.16. The van der Waals surface area contributed by atoms with Gasteiger partial charge >= 0.3 is 0 Å². The second-order valence-corrected chi connectivity index (χ2v) is 7.75. The Bertz CT molecular complexity index is 438. The number of halogens is 1. The molecule has 18 heavy (non-hydrogen) atoms. The molecular weight excluding hydrogens is 363 g/mol. The molecule has 0 spiro atoms. The molecule has 0 radical (unpaired) electrons. The van der Waals surface area contributed by atoms with Crippen molar-refractivity contribution >= 4 is 45.7 Å². The van der Waals surface area contributed by atoms with Crippen molar-refractivity contribution in [2.75, 3.05) is 6.54 Å². The smallest absolute Gasteiger partial charge is 0.252 e. The zero-order valence-electron chi connectivity index (χ0n) is 10.7. The minimum atomic E-state index is -0.232. The number of hydrogen-bond donors (Lipinski definition) is 2. The van der Waals surface area contributed by atoms with E-state index >= 15 is 0 Å². The largest absolute Gasteiger partial charge is 0.351 e. The number of nitrogens with one attached hydrogen (secondary N) is 2. The van der Waals surface area contributed by atoms with Crippen molar-refractivity contribution < 1.29 is 9.59 Å². The number of amides is 2. The number of carbonyl (C=O) groups excluding carboxylic acids is 2. The lowest BCUT2D eigenvalue weighted by atomic mass is 10.1. The summed E-state index contributed by atoms with van der Waals surface area (Å²) < 4.78 is 1.07. The molecule has 2 N–H and O–H groups in total. The minimum Gasteiger partial charge on any atom is -0.351 e. The Balaban J connectivity index is 2.30. The normalized spacial score (nSPS) is 11.1. The predicted octanol–water partition coefficient (Wildman–Crippen LogP) is 2.39. The van der Waals surface area contributed by atoms with E-state index in [4.69, 9.17) is 0 Å². The maximum atomic E-state index is 11.7. The van der Waals surface area contributed by atoms with Crippen LogP contribution in [0.1, 0.15) is 37.6 Å². The first-order chi connectivity index (χ1) is 8.28. The third kappa shape index (κ3) is 5.81. The number of thiophene rings is 1. The molecule has 0 atom stereocenters. The van der Waals surface area contributed by atoms with Gasteiger partial charge in [0.2, 0.25) is 5.91 Å². The third-order valence-electron chi connectivity index (χ3n) is 1.98. The standard InChI is InChI=1S/C12H17IN2O2S/c1-12(2,3)15-10(16)4-5-14-11(17)8-6-9(13)18-7-8/h6-7H,4-5H2,1-3H3,(H,14,17)(H,15,16). The Labute approximate surface area is 125 Å². The summed E-state index contributed by atoms with van der Waals surface area (Å²) in [7, 11) is 0. The topological polar surface area (TPSA) is 58.2 Å². The van der Waals surface area contributed by atoms with Crippen LogP contribution >= 0.6 is 33.9 Å². The van der Waals surface area contributed by atoms with Crippen molar-refractivity contribution in [3.8, 4) is 0 Å². The van der Waals surface area contributed by atoms with E-state index in [9.17, 15) is 9.59 Å². The quantitative estimate of drug-likeness (QED) is 0.789. The van der Waals surface area contributed by atoms with Crippen LogP contribution in [0.2, 0.25) is 0 Å². The van der Waals surface area contributed by atoms with Gasteiger partial charge in [-0.05, 0) is 49.4 Å². The lowest BCUT2D eigenvalue weighted by molar-refractivity contribution is -0.122. The number of hydrogen-bond acceptors (Lipinski definition) is 3. The van der Waals surface area contributed by atoms with Crippen molar-refractivity contribution in [1.29, 1.82) is 0 Å². The summed E-state index contributed by atoms with van der Waals surface area (Å²) in [5, 5.41) is 7.39. The third-order valence-corrected chi connectivity index (χ3v) is 3.77. The van der Waals surface area contributed by atoms with Crippen molar-refractivity contribution in [3.05, 3.63) is 19.9 Å². The highest BCUT2D eigenvalue weighted by molar-refractivity contribution is 14.1. The first-order valence-electron chi connectivity index (χ1n) is 5.61. The molecule has 0 unspecified atom stereocenters. The van der Waals surface area contributed by atoms with Crippen LogP contribution in [0.3, 0.4) is 0 Å². The Morgan fingerprint density at radius 1 is 1.39 bits per heavy atom. The van der Waals surface area contributed by atoms with E-state index in [1.54, 1.807) is 0 Å². The van der Waals surface area contributed by atoms with Gasteiger partial charge in [0.05, 0.1) is 8.45 Å². The SMILES string of the molecule is CC(C)(C)NC(=O)CCNC(=O)c1csc(I)c1. The van der Waals surface area contributed by atoms with Crippen molar-refractivity contribution in [3.63, 3.8) is 0 Å². The van der Waals surface area contributed by atoms with Gasteiger partial charge in [-0.25, -0.2) is 0 Å². The van der Waals surface area contributed by atoms with Crippen LogP contribution in [-0.4, -0.2) is 23.9 Å². The summed E-state index contributed by atoms with van der Waals surface area (Å²) in [6.07, 6.45) is 0.296. The van der Waals surface area contributed by atoms with E-state index in [-0.39, 0.29) is 17.4 Å². The lowest BCUT2D eigenvalue weighted by Gasteiger charge is -2.20. The monoisotopic (exact) mass is 380 g/mol. The van der Waals surface area contributed by atoms with Crippen LogP contribution in [0.15, 0.2) is 11.4 Å². The van der Waals surface area contributed by atoms with Crippen LogP contribution in [0.5, 0.6) is 0 Å². The van der Waals surface area contributed by atoms with Crippen LogP contribution < -0.4 is 10.6 Å². The van der Waals surface area contributed by atoms with Gasteiger partial charge in [0.1, 0.15) is 0 Å². The molecule has 0 aliphatic carbocycles. The molecule has 4 nitrogen and oxygen atoms in total. The summed E-state index contributed by atoms with van der Waals surface area (Å²) in [6, 6.07) is 1.83. The van der Waals surface area contributed by atoms with E-state index in [0.717, 1.165) is 2.88 Å². The van der Waals surface area contributed by atoms with Crippen LogP contribution in [0.4, 0.5) is 0 Å². The van der Waals surface area contributed by atoms with Gasteiger partial charge in [0.15, 0.2) is 0 Å². The van der Waals surface area contributed by atoms with Gasteiger partial charge in [0, 0.05) is 23.9 Å². The van der Waals surface area contributed by atoms with Gasteiger partial charge in [-0.15, -0.1) is 11.3 Å². The molecule has 0 saturated heterocycles. The number of rotatable bonds is 4. The molecule has 1 aromatic rings. The molecule has 0 aromatic carbocycles. The average molecular weight is 380 g/mol. The van der Waals surface area contributed by atoms with Crippen molar-refractivity contribution in [2.24, 2.45) is 0 Å². The highest BCUT2D eigenvalue weighted by Gasteiger charge is 2.14. The molecule has 100 valence electrons. The second-order valence-electron chi connectivity index (χ2n) is 4.94. The number of carbonyl (C=O) groups is 2. The summed E-state index contributed by atoms with van der Waals surface area (Å²) in [5.41, 5.74) is 0.422. The van der Waals surface area contributed by atoms with E-state index in [1.165, 1.54) is 11.3 Å². The molecule has 1 aromatic heterocycles. The molecular formula is C12H17IN2O2S. The second kappa shape index (κ2) is 6.51. The molecule has 1 heterocycles. The highest BCUT2D eigenvalue weighted by atomic mass is 127. The van der Waals surface area contributed by atoms with E-state index in [0.29, 0.717) is 18.5 Å². The summed E-state index contributed by atoms with van der Waals surface area (Å²) >= 11 is 3.70. The summed E-state index contributed by atoms with van der Waals surface area (Å²) in [5.74, 6) is -0.180. The van der Waals surface area contributed by atoms with E-state index in [2.05, 4.69) is 33.2 Å². The predicted molar refractivity (Wildman–Crippen MR) is 81.9 cm³/mol. The first kappa shape index (κ1) is 15.4. The molecule has 0 aliphatic rings. The van der Waals surface area contributed by atoms with Gasteiger partial charge in [-0.3, -0.25) is 9.59 Å². The van der Waals surface area contributed by atoms with Crippen LogP contribution in [0.25, 0.3) is 0 Å². The fourth-order valence-electron chi connectivity index (χ4n) is 1.30. The van der Waals surface area contributed by atoms with E-state index < -0.39 is 0 Å². The van der Waals surface area contributed by atoms with Crippen LogP contribution in [-0.2, 0) is 4.79 Å². The lowest BCUT2D eigenvalue weighted by Crippen LogP contribution is -2.41. The van der Waals surface area contributed by atoms with Gasteiger partial charge < -0.3 is 10.6 Å². The maximum absolute atomic E-state index is 11.7. The molecule has 0 fully saturated rings. The first-order valence-corrected chi connectivity index (χ1v) is 7.57. The Hall–Kier alpha value is -0.630. The molecule has 0 bridgehead atoms. The summed E-state index contributed by atoms with van der Waals surface area (Å²) in [4.78, 5) is 23.2. The fraction of sp³-hybridized carbons (Fsp3) is 0.500. The molecule has 0 aliphatic heterocycles. The maximum Gasteiger partial charge on any atom is 0.252 e. The van der Waals surface area contributed by atoms with Crippen molar-refractivity contribution in [1.82, 2.24) is 10.6 Å². The molecule has 1 rings (SSSR count). The van der Waals surface area contributed by atoms with Gasteiger partial charge in [-0.2, -0.15) is 0 Å². The van der Waals surface area contributed by atoms with Gasteiger partial charge in [0.25, 0.3) is 5.91 Å². The molecule has 2 amide bonds. The Morgan fingerprint density at radius 3 is 2.56 bits per heavy atom. The zero-order valence-corrected chi connectivity index (χ0v) is 13.6.